The molecule has 0 saturated heterocycles. The van der Waals surface area contributed by atoms with Crippen molar-refractivity contribution in [3.05, 3.63) is 59.2 Å². The molecule has 0 aliphatic rings. The van der Waals surface area contributed by atoms with Crippen LogP contribution in [0.15, 0.2) is 48.7 Å². The van der Waals surface area contributed by atoms with Crippen LogP contribution < -0.4 is 0 Å². The third-order valence-corrected chi connectivity index (χ3v) is 3.30. The number of methoxy groups -OCH3 is 1. The summed E-state index contributed by atoms with van der Waals surface area (Å²) in [5.74, 6) is -0.406. The molecule has 0 unspecified atom stereocenters. The molecule has 0 radical (unpaired) electrons. The van der Waals surface area contributed by atoms with Crippen LogP contribution in [-0.4, -0.2) is 22.7 Å². The number of carbonyl (C=O) groups excluding carboxylic acids is 1. The highest BCUT2D eigenvalue weighted by molar-refractivity contribution is 6.30. The molecular formula is C15H11ClN2O2. The van der Waals surface area contributed by atoms with Gasteiger partial charge in [-0.3, -0.25) is 0 Å². The van der Waals surface area contributed by atoms with Crippen LogP contribution in [0.4, 0.5) is 0 Å². The van der Waals surface area contributed by atoms with Gasteiger partial charge in [-0.15, -0.1) is 0 Å². The van der Waals surface area contributed by atoms with E-state index in [1.807, 2.05) is 30.3 Å². The van der Waals surface area contributed by atoms with Crippen LogP contribution in [0.25, 0.3) is 16.8 Å². The maximum atomic E-state index is 12.0. The Balaban J connectivity index is 2.29. The number of hydrogen-bond donors (Lipinski definition) is 0. The number of aromatic nitrogens is 2. The molecule has 3 rings (SSSR count). The molecule has 100 valence electrons. The van der Waals surface area contributed by atoms with E-state index in [0.717, 1.165) is 5.56 Å². The lowest BCUT2D eigenvalue weighted by molar-refractivity contribution is 0.0604. The molecule has 3 aromatic rings. The van der Waals surface area contributed by atoms with Crippen molar-refractivity contribution < 1.29 is 9.53 Å². The predicted octanol–water partition coefficient (Wildman–Crippen LogP) is 3.44. The average Bonchev–Trinajstić information content (AvgIpc) is 2.86. The van der Waals surface area contributed by atoms with Gasteiger partial charge in [-0.2, -0.15) is 5.10 Å². The second-order valence-corrected chi connectivity index (χ2v) is 4.69. The van der Waals surface area contributed by atoms with Crippen LogP contribution in [0, 0.1) is 0 Å². The van der Waals surface area contributed by atoms with E-state index in [0.29, 0.717) is 21.8 Å². The maximum absolute atomic E-state index is 12.0. The van der Waals surface area contributed by atoms with Crippen molar-refractivity contribution in [2.24, 2.45) is 0 Å². The molecule has 2 aromatic heterocycles. The monoisotopic (exact) mass is 286 g/mol. The normalized spacial score (nSPS) is 10.7. The summed E-state index contributed by atoms with van der Waals surface area (Å²) < 4.78 is 6.53. The van der Waals surface area contributed by atoms with Crippen molar-refractivity contribution >= 4 is 23.1 Å². The summed E-state index contributed by atoms with van der Waals surface area (Å²) in [6.45, 7) is 0. The van der Waals surface area contributed by atoms with Gasteiger partial charge in [0, 0.05) is 16.8 Å². The molecule has 0 aliphatic heterocycles. The van der Waals surface area contributed by atoms with Crippen molar-refractivity contribution in [1.82, 2.24) is 9.61 Å². The van der Waals surface area contributed by atoms with Crippen molar-refractivity contribution in [3.63, 3.8) is 0 Å². The zero-order valence-corrected chi connectivity index (χ0v) is 11.5. The predicted molar refractivity (Wildman–Crippen MR) is 77.0 cm³/mol. The average molecular weight is 287 g/mol. The number of pyridine rings is 1. The minimum Gasteiger partial charge on any atom is -0.465 e. The van der Waals surface area contributed by atoms with Crippen molar-refractivity contribution in [2.75, 3.05) is 7.11 Å². The largest absolute Gasteiger partial charge is 0.465 e. The number of carbonyl (C=O) groups is 1. The fourth-order valence-corrected chi connectivity index (χ4v) is 2.24. The Labute approximate surface area is 120 Å². The van der Waals surface area contributed by atoms with Gasteiger partial charge in [0.15, 0.2) is 0 Å². The van der Waals surface area contributed by atoms with Crippen molar-refractivity contribution in [2.45, 2.75) is 0 Å². The van der Waals surface area contributed by atoms with Gasteiger partial charge >= 0.3 is 5.97 Å². The number of esters is 1. The minimum atomic E-state index is -0.406. The molecule has 0 aliphatic carbocycles. The van der Waals surface area contributed by atoms with Crippen LogP contribution in [-0.2, 0) is 4.74 Å². The third kappa shape index (κ3) is 2.04. The summed E-state index contributed by atoms with van der Waals surface area (Å²) in [5, 5.41) is 5.09. The van der Waals surface area contributed by atoms with E-state index in [1.54, 1.807) is 22.8 Å². The second kappa shape index (κ2) is 4.98. The Hall–Kier alpha value is -2.33. The first-order chi connectivity index (χ1) is 9.70. The highest BCUT2D eigenvalue weighted by Crippen LogP contribution is 2.27. The molecule has 0 saturated carbocycles. The van der Waals surface area contributed by atoms with Crippen LogP contribution in [0.5, 0.6) is 0 Å². The van der Waals surface area contributed by atoms with E-state index in [1.165, 1.54) is 7.11 Å². The summed E-state index contributed by atoms with van der Waals surface area (Å²) in [6.07, 6.45) is 1.79. The summed E-state index contributed by atoms with van der Waals surface area (Å²) in [4.78, 5) is 12.0. The van der Waals surface area contributed by atoms with Crippen molar-refractivity contribution in [1.29, 1.82) is 0 Å². The Morgan fingerprint density at radius 1 is 1.20 bits per heavy atom. The topological polar surface area (TPSA) is 43.6 Å². The van der Waals surface area contributed by atoms with Gasteiger partial charge in [0.25, 0.3) is 0 Å². The number of fused-ring (bicyclic) bond motifs is 1. The van der Waals surface area contributed by atoms with Gasteiger partial charge < -0.3 is 4.74 Å². The molecule has 0 amide bonds. The minimum absolute atomic E-state index is 0.406. The summed E-state index contributed by atoms with van der Waals surface area (Å²) in [6, 6.07) is 12.7. The molecule has 0 fully saturated rings. The van der Waals surface area contributed by atoms with E-state index < -0.39 is 5.97 Å². The standard InChI is InChI=1S/C15H11ClN2O2/c1-20-15(19)13-12-4-2-3-9-18(12)17-14(13)10-5-7-11(16)8-6-10/h2-9H,1H3. The molecule has 20 heavy (non-hydrogen) atoms. The first-order valence-electron chi connectivity index (χ1n) is 6.02. The number of nitrogens with zero attached hydrogens (tertiary/aromatic N) is 2. The van der Waals surface area contributed by atoms with E-state index in [9.17, 15) is 4.79 Å². The number of hydrogen-bond acceptors (Lipinski definition) is 3. The van der Waals surface area contributed by atoms with Gasteiger partial charge in [0.2, 0.25) is 0 Å². The third-order valence-electron chi connectivity index (χ3n) is 3.05. The molecule has 0 bridgehead atoms. The van der Waals surface area contributed by atoms with Gasteiger partial charge in [-0.05, 0) is 24.3 Å². The van der Waals surface area contributed by atoms with Crippen molar-refractivity contribution in [3.8, 4) is 11.3 Å². The summed E-state index contributed by atoms with van der Waals surface area (Å²) in [7, 11) is 1.36. The van der Waals surface area contributed by atoms with Crippen LogP contribution in [0.1, 0.15) is 10.4 Å². The molecule has 2 heterocycles. The highest BCUT2D eigenvalue weighted by atomic mass is 35.5. The molecule has 1 aromatic carbocycles. The molecule has 4 nitrogen and oxygen atoms in total. The first-order valence-corrected chi connectivity index (χ1v) is 6.40. The Bertz CT molecular complexity index is 778. The maximum Gasteiger partial charge on any atom is 0.342 e. The highest BCUT2D eigenvalue weighted by Gasteiger charge is 2.21. The van der Waals surface area contributed by atoms with Crippen LogP contribution in [0.3, 0.4) is 0 Å². The van der Waals surface area contributed by atoms with Crippen LogP contribution >= 0.6 is 11.6 Å². The van der Waals surface area contributed by atoms with E-state index >= 15 is 0 Å². The fourth-order valence-electron chi connectivity index (χ4n) is 2.11. The fraction of sp³-hybridized carbons (Fsp3) is 0.0667. The molecule has 0 spiro atoms. The van der Waals surface area contributed by atoms with Gasteiger partial charge in [-0.25, -0.2) is 9.31 Å². The van der Waals surface area contributed by atoms with Gasteiger partial charge in [0.05, 0.1) is 12.6 Å². The molecule has 0 N–H and O–H groups in total. The quantitative estimate of drug-likeness (QED) is 0.678. The Morgan fingerprint density at radius 2 is 1.95 bits per heavy atom. The molecule has 5 heteroatoms. The Kier molecular flexibility index (Phi) is 3.16. The first kappa shape index (κ1) is 12.7. The van der Waals surface area contributed by atoms with E-state index in [2.05, 4.69) is 5.10 Å². The van der Waals surface area contributed by atoms with Gasteiger partial charge in [-0.1, -0.05) is 29.8 Å². The number of benzene rings is 1. The lowest BCUT2D eigenvalue weighted by Crippen LogP contribution is -2.02. The number of ether oxygens (including phenoxy) is 1. The SMILES string of the molecule is COC(=O)c1c(-c2ccc(Cl)cc2)nn2ccccc12. The van der Waals surface area contributed by atoms with Gasteiger partial charge in [0.1, 0.15) is 11.3 Å². The number of halogens is 1. The summed E-state index contributed by atoms with van der Waals surface area (Å²) >= 11 is 5.89. The van der Waals surface area contributed by atoms with Crippen LogP contribution in [0.2, 0.25) is 5.02 Å². The zero-order chi connectivity index (χ0) is 14.1. The lowest BCUT2D eigenvalue weighted by Gasteiger charge is -2.01. The Morgan fingerprint density at radius 3 is 2.65 bits per heavy atom. The summed E-state index contributed by atoms with van der Waals surface area (Å²) in [5.41, 5.74) is 2.57. The zero-order valence-electron chi connectivity index (χ0n) is 10.7. The van der Waals surface area contributed by atoms with E-state index in [4.69, 9.17) is 16.3 Å². The molecular weight excluding hydrogens is 276 g/mol. The van der Waals surface area contributed by atoms with E-state index in [-0.39, 0.29) is 0 Å². The number of rotatable bonds is 2. The molecule has 0 atom stereocenters. The second-order valence-electron chi connectivity index (χ2n) is 4.25. The smallest absolute Gasteiger partial charge is 0.342 e. The lowest BCUT2D eigenvalue weighted by atomic mass is 10.1.